The SMILES string of the molecule is Cc1cc(C)cc(C)c1.O. The molecule has 2 N–H and O–H groups in total. The Morgan fingerprint density at radius 3 is 1.10 bits per heavy atom. The largest absolute Gasteiger partial charge is 0.412 e. The number of benzene rings is 1. The van der Waals surface area contributed by atoms with Gasteiger partial charge in [0, 0.05) is 0 Å². The highest BCUT2D eigenvalue weighted by Crippen LogP contribution is 2.06. The second kappa shape index (κ2) is 3.37. The highest BCUT2D eigenvalue weighted by Gasteiger charge is 1.87. The summed E-state index contributed by atoms with van der Waals surface area (Å²) < 4.78 is 0. The average molecular weight is 138 g/mol. The fourth-order valence-corrected chi connectivity index (χ4v) is 1.20. The van der Waals surface area contributed by atoms with Crippen LogP contribution in [0.2, 0.25) is 0 Å². The van der Waals surface area contributed by atoms with Crippen LogP contribution in [0.25, 0.3) is 0 Å². The first-order valence-electron chi connectivity index (χ1n) is 3.23. The monoisotopic (exact) mass is 138 g/mol. The van der Waals surface area contributed by atoms with Gasteiger partial charge in [0.15, 0.2) is 0 Å². The maximum Gasteiger partial charge on any atom is -0.0398 e. The fraction of sp³-hybridized carbons (Fsp3) is 0.333. The summed E-state index contributed by atoms with van der Waals surface area (Å²) in [6.07, 6.45) is 0. The first-order chi connectivity index (χ1) is 4.18. The number of rotatable bonds is 0. The molecule has 1 rings (SSSR count). The highest BCUT2D eigenvalue weighted by atomic mass is 16.0. The van der Waals surface area contributed by atoms with Crippen LogP contribution in [0, 0.1) is 20.8 Å². The van der Waals surface area contributed by atoms with E-state index in [4.69, 9.17) is 0 Å². The van der Waals surface area contributed by atoms with Crippen LogP contribution in [0.5, 0.6) is 0 Å². The Kier molecular flexibility index (Phi) is 3.10. The minimum absolute atomic E-state index is 0. The van der Waals surface area contributed by atoms with Crippen LogP contribution in [0.15, 0.2) is 18.2 Å². The van der Waals surface area contributed by atoms with Crippen molar-refractivity contribution in [1.82, 2.24) is 0 Å². The van der Waals surface area contributed by atoms with Crippen LogP contribution in [0.4, 0.5) is 0 Å². The minimum Gasteiger partial charge on any atom is -0.412 e. The van der Waals surface area contributed by atoms with Gasteiger partial charge in [0.05, 0.1) is 0 Å². The van der Waals surface area contributed by atoms with Crippen molar-refractivity contribution < 1.29 is 5.48 Å². The summed E-state index contributed by atoms with van der Waals surface area (Å²) in [5, 5.41) is 0. The molecule has 0 radical (unpaired) electrons. The molecule has 0 aromatic heterocycles. The van der Waals surface area contributed by atoms with Crippen LogP contribution in [-0.2, 0) is 0 Å². The number of hydrogen-bond acceptors (Lipinski definition) is 0. The van der Waals surface area contributed by atoms with Gasteiger partial charge in [-0.1, -0.05) is 34.9 Å². The van der Waals surface area contributed by atoms with E-state index in [-0.39, 0.29) is 5.48 Å². The Labute approximate surface area is 62.0 Å². The summed E-state index contributed by atoms with van der Waals surface area (Å²) in [6.45, 7) is 6.38. The Morgan fingerprint density at radius 1 is 0.700 bits per heavy atom. The van der Waals surface area contributed by atoms with Crippen molar-refractivity contribution in [2.24, 2.45) is 0 Å². The molecule has 0 aliphatic carbocycles. The van der Waals surface area contributed by atoms with Crippen molar-refractivity contribution in [1.29, 1.82) is 0 Å². The predicted molar refractivity (Wildman–Crippen MR) is 44.3 cm³/mol. The van der Waals surface area contributed by atoms with E-state index in [1.165, 1.54) is 16.7 Å². The molecule has 0 aliphatic rings. The van der Waals surface area contributed by atoms with Crippen LogP contribution in [0.3, 0.4) is 0 Å². The number of hydrogen-bond donors (Lipinski definition) is 0. The van der Waals surface area contributed by atoms with Crippen molar-refractivity contribution in [2.45, 2.75) is 20.8 Å². The first kappa shape index (κ1) is 9.18. The molecule has 10 heavy (non-hydrogen) atoms. The predicted octanol–water partition coefficient (Wildman–Crippen LogP) is 1.79. The van der Waals surface area contributed by atoms with Crippen molar-refractivity contribution in [3.63, 3.8) is 0 Å². The third kappa shape index (κ3) is 2.19. The third-order valence-electron chi connectivity index (χ3n) is 1.37. The summed E-state index contributed by atoms with van der Waals surface area (Å²) in [5.74, 6) is 0. The summed E-state index contributed by atoms with van der Waals surface area (Å²) >= 11 is 0. The van der Waals surface area contributed by atoms with Gasteiger partial charge in [-0.25, -0.2) is 0 Å². The smallest absolute Gasteiger partial charge is 0.0398 e. The lowest BCUT2D eigenvalue weighted by Crippen LogP contribution is -1.78. The van der Waals surface area contributed by atoms with Crippen molar-refractivity contribution in [2.75, 3.05) is 0 Å². The standard InChI is InChI=1S/C9H12.H2O/c1-7-4-8(2)6-9(3)5-7;/h4-6H,1-3H3;1H2. The molecule has 56 valence electrons. The van der Waals surface area contributed by atoms with Gasteiger partial charge in [-0.05, 0) is 20.8 Å². The van der Waals surface area contributed by atoms with E-state index in [1.54, 1.807) is 0 Å². The van der Waals surface area contributed by atoms with E-state index in [1.807, 2.05) is 0 Å². The molecule has 0 heterocycles. The lowest BCUT2D eigenvalue weighted by Gasteiger charge is -1.96. The lowest BCUT2D eigenvalue weighted by molar-refractivity contribution is 0.824. The zero-order valence-electron chi connectivity index (χ0n) is 6.73. The minimum atomic E-state index is 0. The molecule has 0 aliphatic heterocycles. The second-order valence-electron chi connectivity index (χ2n) is 2.67. The van der Waals surface area contributed by atoms with E-state index in [0.29, 0.717) is 0 Å². The Balaban J connectivity index is 0.000000810. The maximum atomic E-state index is 2.19. The number of aryl methyl sites for hydroxylation is 3. The quantitative estimate of drug-likeness (QED) is 0.523. The Morgan fingerprint density at radius 2 is 0.900 bits per heavy atom. The molecule has 0 atom stereocenters. The highest BCUT2D eigenvalue weighted by molar-refractivity contribution is 5.27. The molecule has 0 bridgehead atoms. The van der Waals surface area contributed by atoms with Gasteiger partial charge < -0.3 is 5.48 Å². The van der Waals surface area contributed by atoms with Crippen LogP contribution in [0.1, 0.15) is 16.7 Å². The fourth-order valence-electron chi connectivity index (χ4n) is 1.20. The lowest BCUT2D eigenvalue weighted by atomic mass is 10.1. The van der Waals surface area contributed by atoms with Crippen molar-refractivity contribution in [3.05, 3.63) is 34.9 Å². The Bertz CT molecular complexity index is 165. The Hall–Kier alpha value is -0.820. The molecule has 0 saturated carbocycles. The zero-order chi connectivity index (χ0) is 6.85. The summed E-state index contributed by atoms with van der Waals surface area (Å²) in [6, 6.07) is 6.56. The molecule has 1 nitrogen and oxygen atoms in total. The molecule has 0 fully saturated rings. The van der Waals surface area contributed by atoms with E-state index in [2.05, 4.69) is 39.0 Å². The molecule has 1 aromatic rings. The first-order valence-corrected chi connectivity index (χ1v) is 3.23. The van der Waals surface area contributed by atoms with Gasteiger partial charge in [0.1, 0.15) is 0 Å². The normalized spacial score (nSPS) is 8.70. The summed E-state index contributed by atoms with van der Waals surface area (Å²) in [4.78, 5) is 0. The van der Waals surface area contributed by atoms with Gasteiger partial charge >= 0.3 is 0 Å². The van der Waals surface area contributed by atoms with Crippen molar-refractivity contribution in [3.8, 4) is 0 Å². The zero-order valence-corrected chi connectivity index (χ0v) is 6.73. The van der Waals surface area contributed by atoms with Crippen LogP contribution < -0.4 is 0 Å². The molecule has 0 amide bonds. The van der Waals surface area contributed by atoms with Crippen LogP contribution >= 0.6 is 0 Å². The molecule has 1 heteroatoms. The molecular weight excluding hydrogens is 124 g/mol. The average Bonchev–Trinajstić information content (AvgIpc) is 1.59. The van der Waals surface area contributed by atoms with E-state index < -0.39 is 0 Å². The van der Waals surface area contributed by atoms with Crippen molar-refractivity contribution >= 4 is 0 Å². The van der Waals surface area contributed by atoms with E-state index >= 15 is 0 Å². The topological polar surface area (TPSA) is 31.5 Å². The molecule has 0 saturated heterocycles. The molecule has 0 unspecified atom stereocenters. The van der Waals surface area contributed by atoms with Gasteiger partial charge in [-0.15, -0.1) is 0 Å². The third-order valence-corrected chi connectivity index (χ3v) is 1.37. The van der Waals surface area contributed by atoms with Gasteiger partial charge in [0.2, 0.25) is 0 Å². The van der Waals surface area contributed by atoms with Gasteiger partial charge in [-0.2, -0.15) is 0 Å². The van der Waals surface area contributed by atoms with Crippen LogP contribution in [-0.4, -0.2) is 5.48 Å². The van der Waals surface area contributed by atoms with Gasteiger partial charge in [0.25, 0.3) is 0 Å². The van der Waals surface area contributed by atoms with E-state index in [0.717, 1.165) is 0 Å². The van der Waals surface area contributed by atoms with E-state index in [9.17, 15) is 0 Å². The second-order valence-corrected chi connectivity index (χ2v) is 2.67. The molecule has 0 spiro atoms. The summed E-state index contributed by atoms with van der Waals surface area (Å²) in [7, 11) is 0. The maximum absolute atomic E-state index is 2.19. The molecular formula is C9H14O. The van der Waals surface area contributed by atoms with Gasteiger partial charge in [-0.3, -0.25) is 0 Å². The summed E-state index contributed by atoms with van der Waals surface area (Å²) in [5.41, 5.74) is 4.06. The molecule has 1 aromatic carbocycles.